The number of hydrogen-bond acceptors (Lipinski definition) is 4. The highest BCUT2D eigenvalue weighted by Crippen LogP contribution is 2.26. The monoisotopic (exact) mass is 279 g/mol. The van der Waals surface area contributed by atoms with Crippen molar-refractivity contribution in [1.29, 1.82) is 0 Å². The number of nitrogens with one attached hydrogen (secondary N) is 1. The quantitative estimate of drug-likeness (QED) is 0.522. The highest BCUT2D eigenvalue weighted by Gasteiger charge is 2.36. The third-order valence-corrected chi connectivity index (χ3v) is 2.92. The molecular formula is C13H14ClN3O2. The fourth-order valence-corrected chi connectivity index (χ4v) is 1.92. The van der Waals surface area contributed by atoms with Crippen molar-refractivity contribution in [3.8, 4) is 0 Å². The maximum Gasteiger partial charge on any atom is 0.292 e. The Morgan fingerprint density at radius 1 is 1.58 bits per heavy atom. The first kappa shape index (κ1) is 13.6. The maximum atomic E-state index is 12.2. The molecule has 0 aliphatic carbocycles. The van der Waals surface area contributed by atoms with Gasteiger partial charge in [0.1, 0.15) is 6.61 Å². The van der Waals surface area contributed by atoms with Crippen LogP contribution in [0.4, 0.5) is 5.69 Å². The molecule has 100 valence electrons. The van der Waals surface area contributed by atoms with Gasteiger partial charge < -0.3 is 4.84 Å². The van der Waals surface area contributed by atoms with Crippen LogP contribution in [0.25, 0.3) is 0 Å². The second-order valence-electron chi connectivity index (χ2n) is 4.00. The Kier molecular flexibility index (Phi) is 4.19. The van der Waals surface area contributed by atoms with Crippen LogP contribution in [0.3, 0.4) is 0 Å². The second kappa shape index (κ2) is 5.86. The molecule has 1 aliphatic rings. The van der Waals surface area contributed by atoms with Crippen LogP contribution in [0.1, 0.15) is 6.92 Å². The molecule has 1 aliphatic heterocycles. The summed E-state index contributed by atoms with van der Waals surface area (Å²) in [6.45, 7) is 5.60. The molecule has 1 unspecified atom stereocenters. The van der Waals surface area contributed by atoms with Crippen LogP contribution in [0.5, 0.6) is 0 Å². The Balaban J connectivity index is 2.23. The van der Waals surface area contributed by atoms with Crippen LogP contribution in [-0.2, 0) is 9.63 Å². The number of amides is 1. The molecule has 0 spiro atoms. The number of hydrogen-bond donors (Lipinski definition) is 1. The molecule has 1 heterocycles. The summed E-state index contributed by atoms with van der Waals surface area (Å²) in [6, 6.07) is 6.85. The van der Waals surface area contributed by atoms with Crippen LogP contribution in [0.2, 0.25) is 5.02 Å². The summed E-state index contributed by atoms with van der Waals surface area (Å²) in [7, 11) is 0. The van der Waals surface area contributed by atoms with Crippen molar-refractivity contribution in [3.05, 3.63) is 41.9 Å². The van der Waals surface area contributed by atoms with Crippen LogP contribution >= 0.6 is 11.6 Å². The van der Waals surface area contributed by atoms with Gasteiger partial charge in [-0.15, -0.1) is 0 Å². The van der Waals surface area contributed by atoms with E-state index >= 15 is 0 Å². The fourth-order valence-electron chi connectivity index (χ4n) is 1.70. The van der Waals surface area contributed by atoms with Gasteiger partial charge in [-0.2, -0.15) is 0 Å². The smallest absolute Gasteiger partial charge is 0.292 e. The summed E-state index contributed by atoms with van der Waals surface area (Å²) in [5.41, 5.74) is 3.90. The van der Waals surface area contributed by atoms with E-state index in [2.05, 4.69) is 17.2 Å². The first-order valence-corrected chi connectivity index (χ1v) is 6.19. The van der Waals surface area contributed by atoms with E-state index in [0.717, 1.165) is 0 Å². The average Bonchev–Trinajstić information content (AvgIpc) is 2.67. The van der Waals surface area contributed by atoms with Gasteiger partial charge in [-0.25, -0.2) is 10.4 Å². The van der Waals surface area contributed by atoms with Gasteiger partial charge >= 0.3 is 0 Å². The average molecular weight is 280 g/mol. The number of carbonyl (C=O) groups is 1. The minimum Gasteiger partial charge on any atom is -0.391 e. The van der Waals surface area contributed by atoms with Gasteiger partial charge in [-0.1, -0.05) is 41.5 Å². The molecule has 0 aromatic heterocycles. The number of anilines is 1. The zero-order chi connectivity index (χ0) is 13.8. The Hall–Kier alpha value is -1.85. The van der Waals surface area contributed by atoms with Gasteiger partial charge in [0.25, 0.3) is 5.91 Å². The van der Waals surface area contributed by atoms with E-state index in [1.807, 2.05) is 13.0 Å². The van der Waals surface area contributed by atoms with Gasteiger partial charge in [0.15, 0.2) is 5.71 Å². The van der Waals surface area contributed by atoms with Gasteiger partial charge in [-0.3, -0.25) is 4.79 Å². The Bertz CT molecular complexity index is 530. The van der Waals surface area contributed by atoms with E-state index in [1.54, 1.807) is 24.3 Å². The number of nitrogens with zero attached hydrogens (tertiary/aromatic N) is 2. The molecule has 0 bridgehead atoms. The van der Waals surface area contributed by atoms with E-state index in [4.69, 9.17) is 16.4 Å². The summed E-state index contributed by atoms with van der Waals surface area (Å²) in [6.07, 6.45) is 1.56. The van der Waals surface area contributed by atoms with Crippen LogP contribution in [0, 0.1) is 0 Å². The van der Waals surface area contributed by atoms with Crippen molar-refractivity contribution < 1.29 is 9.63 Å². The molecule has 1 N–H and O–H groups in total. The predicted molar refractivity (Wildman–Crippen MR) is 75.1 cm³/mol. The maximum absolute atomic E-state index is 12.2. The van der Waals surface area contributed by atoms with Crippen molar-refractivity contribution in [1.82, 2.24) is 5.43 Å². The van der Waals surface area contributed by atoms with Crippen LogP contribution in [-0.4, -0.2) is 24.3 Å². The van der Waals surface area contributed by atoms with Crippen molar-refractivity contribution in [2.75, 3.05) is 11.6 Å². The third-order valence-electron chi connectivity index (χ3n) is 2.60. The first-order chi connectivity index (χ1) is 9.15. The largest absolute Gasteiger partial charge is 0.391 e. The van der Waals surface area contributed by atoms with E-state index in [9.17, 15) is 4.79 Å². The molecule has 1 amide bonds. The normalized spacial score (nSPS) is 20.9. The molecule has 0 radical (unpaired) electrons. The van der Waals surface area contributed by atoms with Crippen LogP contribution < -0.4 is 10.4 Å². The van der Waals surface area contributed by atoms with Gasteiger partial charge in [0.2, 0.25) is 0 Å². The molecule has 6 heteroatoms. The molecule has 1 aromatic rings. The molecule has 1 aromatic carbocycles. The van der Waals surface area contributed by atoms with E-state index in [-0.39, 0.29) is 18.6 Å². The van der Waals surface area contributed by atoms with E-state index < -0.39 is 0 Å². The van der Waals surface area contributed by atoms with Crippen molar-refractivity contribution in [3.63, 3.8) is 0 Å². The Labute approximate surface area is 116 Å². The zero-order valence-corrected chi connectivity index (χ0v) is 11.2. The topological polar surface area (TPSA) is 53.9 Å². The zero-order valence-electron chi connectivity index (χ0n) is 10.5. The highest BCUT2D eigenvalue weighted by molar-refractivity contribution is 6.48. The van der Waals surface area contributed by atoms with E-state index in [0.29, 0.717) is 16.4 Å². The molecule has 1 saturated heterocycles. The molecule has 19 heavy (non-hydrogen) atoms. The summed E-state index contributed by atoms with van der Waals surface area (Å²) in [4.78, 5) is 17.2. The minimum absolute atomic E-state index is 0.242. The molecule has 5 nitrogen and oxygen atoms in total. The van der Waals surface area contributed by atoms with Crippen molar-refractivity contribution in [2.24, 2.45) is 5.16 Å². The first-order valence-electron chi connectivity index (χ1n) is 5.81. The third kappa shape index (κ3) is 2.77. The number of carbonyl (C=O) groups excluding carboxylic acids is 1. The molecular weight excluding hydrogens is 266 g/mol. The highest BCUT2D eigenvalue weighted by atomic mass is 35.5. The summed E-state index contributed by atoms with van der Waals surface area (Å²) >= 11 is 6.07. The summed E-state index contributed by atoms with van der Waals surface area (Å²) in [5, 5.41) is 5.70. The second-order valence-corrected chi connectivity index (χ2v) is 4.41. The van der Waals surface area contributed by atoms with Gasteiger partial charge in [0, 0.05) is 0 Å². The number of benzene rings is 1. The van der Waals surface area contributed by atoms with Crippen molar-refractivity contribution >= 4 is 28.9 Å². The lowest BCUT2D eigenvalue weighted by molar-refractivity contribution is -0.112. The predicted octanol–water partition coefficient (Wildman–Crippen LogP) is 2.14. The van der Waals surface area contributed by atoms with Crippen LogP contribution in [0.15, 0.2) is 42.1 Å². The molecule has 2 rings (SSSR count). The lowest BCUT2D eigenvalue weighted by Gasteiger charge is -2.17. The van der Waals surface area contributed by atoms with Crippen molar-refractivity contribution in [2.45, 2.75) is 13.0 Å². The molecule has 1 atom stereocenters. The lowest BCUT2D eigenvalue weighted by atomic mass is 10.2. The number of halogens is 1. The number of hydrazine groups is 1. The van der Waals surface area contributed by atoms with Gasteiger partial charge in [-0.05, 0) is 19.1 Å². The number of para-hydroxylation sites is 1. The summed E-state index contributed by atoms with van der Waals surface area (Å²) < 4.78 is 0. The lowest BCUT2D eigenvalue weighted by Crippen LogP contribution is -2.36. The SMILES string of the molecule is C=CCON=C1C(=O)N(c2ccccc2Cl)NC1C. The summed E-state index contributed by atoms with van der Waals surface area (Å²) in [5.74, 6) is -0.273. The fraction of sp³-hybridized carbons (Fsp3) is 0.231. The molecule has 1 fully saturated rings. The molecule has 0 saturated carbocycles. The van der Waals surface area contributed by atoms with E-state index in [1.165, 1.54) is 5.01 Å². The van der Waals surface area contributed by atoms with Gasteiger partial charge in [0.05, 0.1) is 16.8 Å². The standard InChI is InChI=1S/C13H14ClN3O2/c1-3-8-19-16-12-9(2)15-17(13(12)18)11-7-5-4-6-10(11)14/h3-7,9,15H,1,8H2,2H3. The Morgan fingerprint density at radius 3 is 3.00 bits per heavy atom. The Morgan fingerprint density at radius 2 is 2.32 bits per heavy atom. The number of rotatable bonds is 4. The minimum atomic E-state index is -0.273. The number of oxime groups is 1.